The van der Waals surface area contributed by atoms with E-state index in [9.17, 15) is 13.7 Å². The van der Waals surface area contributed by atoms with E-state index < -0.39 is 15.4 Å². The summed E-state index contributed by atoms with van der Waals surface area (Å²) in [7, 11) is -1.97. The molecule has 170 valence electrons. The van der Waals surface area contributed by atoms with Gasteiger partial charge in [-0.1, -0.05) is 19.1 Å². The van der Waals surface area contributed by atoms with Crippen molar-refractivity contribution in [1.29, 1.82) is 5.26 Å². The number of hydrogen-bond acceptors (Lipinski definition) is 6. The molecule has 1 saturated carbocycles. The van der Waals surface area contributed by atoms with Crippen LogP contribution in [0.15, 0.2) is 42.6 Å². The number of anilines is 1. The number of benzene rings is 1. The summed E-state index contributed by atoms with van der Waals surface area (Å²) in [5, 5.41) is 9.56. The number of pyridine rings is 1. The highest BCUT2D eigenvalue weighted by atomic mass is 32.2. The molecule has 7 nitrogen and oxygen atoms in total. The summed E-state index contributed by atoms with van der Waals surface area (Å²) < 4.78 is 39.4. The van der Waals surface area contributed by atoms with Gasteiger partial charge in [-0.05, 0) is 61.4 Å². The largest absolute Gasteiger partial charge is 0.497 e. The topological polar surface area (TPSA) is 92.5 Å². The van der Waals surface area contributed by atoms with Crippen molar-refractivity contribution in [2.45, 2.75) is 49.8 Å². The van der Waals surface area contributed by atoms with Crippen molar-refractivity contribution in [3.05, 3.63) is 53.9 Å². The first-order valence-corrected chi connectivity index (χ1v) is 12.5. The molecule has 4 rings (SSSR count). The molecule has 8 heteroatoms. The van der Waals surface area contributed by atoms with Crippen molar-refractivity contribution >= 4 is 15.7 Å². The molecule has 1 aromatic heterocycles. The van der Waals surface area contributed by atoms with E-state index in [4.69, 9.17) is 9.47 Å². The zero-order valence-corrected chi connectivity index (χ0v) is 19.3. The van der Waals surface area contributed by atoms with Crippen molar-refractivity contribution in [1.82, 2.24) is 4.98 Å². The summed E-state index contributed by atoms with van der Waals surface area (Å²) in [6.45, 7) is 3.27. The maximum absolute atomic E-state index is 13.6. The van der Waals surface area contributed by atoms with Crippen molar-refractivity contribution in [2.75, 3.05) is 24.6 Å². The van der Waals surface area contributed by atoms with E-state index in [0.717, 1.165) is 11.3 Å². The van der Waals surface area contributed by atoms with E-state index in [-0.39, 0.29) is 11.8 Å². The molecule has 2 aromatic rings. The zero-order valence-electron chi connectivity index (χ0n) is 18.5. The molecule has 0 radical (unpaired) electrons. The Kier molecular flexibility index (Phi) is 6.40. The third-order valence-electron chi connectivity index (χ3n) is 6.63. The lowest BCUT2D eigenvalue weighted by Crippen LogP contribution is -2.44. The molecule has 2 fully saturated rings. The lowest BCUT2D eigenvalue weighted by Gasteiger charge is -2.37. The molecule has 0 unspecified atom stereocenters. The number of sulfonamides is 1. The molecule has 1 saturated heterocycles. The van der Waals surface area contributed by atoms with Crippen LogP contribution in [0.3, 0.4) is 0 Å². The maximum Gasteiger partial charge on any atom is 0.238 e. The highest BCUT2D eigenvalue weighted by Crippen LogP contribution is 2.39. The smallest absolute Gasteiger partial charge is 0.238 e. The summed E-state index contributed by atoms with van der Waals surface area (Å²) in [6.07, 6.45) is 4.04. The first kappa shape index (κ1) is 22.6. The molecule has 0 N–H and O–H groups in total. The van der Waals surface area contributed by atoms with Crippen molar-refractivity contribution in [3.8, 4) is 11.8 Å². The Labute approximate surface area is 190 Å². The van der Waals surface area contributed by atoms with E-state index >= 15 is 0 Å². The highest BCUT2D eigenvalue weighted by Gasteiger charge is 2.41. The minimum atomic E-state index is -3.57. The molecule has 2 aliphatic rings. The summed E-state index contributed by atoms with van der Waals surface area (Å²) in [5.41, 5.74) is 1.26. The monoisotopic (exact) mass is 455 g/mol. The van der Waals surface area contributed by atoms with E-state index in [1.807, 2.05) is 24.3 Å². The van der Waals surface area contributed by atoms with Crippen molar-refractivity contribution in [2.24, 2.45) is 5.92 Å². The van der Waals surface area contributed by atoms with Gasteiger partial charge in [-0.25, -0.2) is 8.42 Å². The van der Waals surface area contributed by atoms with Gasteiger partial charge >= 0.3 is 0 Å². The Morgan fingerprint density at radius 3 is 2.50 bits per heavy atom. The Morgan fingerprint density at radius 1 is 1.22 bits per heavy atom. The normalized spacial score (nSPS) is 22.4. The van der Waals surface area contributed by atoms with Gasteiger partial charge in [-0.2, -0.15) is 5.26 Å². The van der Waals surface area contributed by atoms with E-state index in [0.29, 0.717) is 56.2 Å². The van der Waals surface area contributed by atoms with Crippen LogP contribution in [0.4, 0.5) is 5.69 Å². The van der Waals surface area contributed by atoms with Gasteiger partial charge in [-0.15, -0.1) is 0 Å². The van der Waals surface area contributed by atoms with Crippen LogP contribution in [0.25, 0.3) is 0 Å². The average molecular weight is 456 g/mol. The Bertz CT molecular complexity index is 1080. The average Bonchev–Trinajstić information content (AvgIpc) is 2.81. The van der Waals surface area contributed by atoms with Crippen LogP contribution in [-0.2, 0) is 26.7 Å². The van der Waals surface area contributed by atoms with Crippen LogP contribution in [0.5, 0.6) is 5.75 Å². The standard InChI is InChI=1S/C24H29N3O4S/c1-18-13-22(14-18)32(28,29)27(16-19-3-5-21(30-2)6-4-19)20-7-10-26-23(15-20)24(17-25)8-11-31-12-9-24/h3-7,10,15,18,22H,8-9,11-14,16H2,1-2H3. The molecule has 32 heavy (non-hydrogen) atoms. The maximum atomic E-state index is 13.6. The fourth-order valence-corrected chi connectivity index (χ4v) is 6.70. The van der Waals surface area contributed by atoms with Gasteiger partial charge in [-0.3, -0.25) is 9.29 Å². The second-order valence-corrected chi connectivity index (χ2v) is 10.9. The molecular weight excluding hydrogens is 426 g/mol. The van der Waals surface area contributed by atoms with Gasteiger partial charge < -0.3 is 9.47 Å². The van der Waals surface area contributed by atoms with E-state index in [1.54, 1.807) is 25.4 Å². The fourth-order valence-electron chi connectivity index (χ4n) is 4.46. The minimum absolute atomic E-state index is 0.212. The molecule has 1 aromatic carbocycles. The van der Waals surface area contributed by atoms with Gasteiger partial charge in [0, 0.05) is 19.4 Å². The first-order chi connectivity index (χ1) is 15.4. The Hall–Kier alpha value is -2.63. The molecule has 0 spiro atoms. The number of ether oxygens (including phenoxy) is 2. The summed E-state index contributed by atoms with van der Waals surface area (Å²) >= 11 is 0. The molecule has 0 atom stereocenters. The van der Waals surface area contributed by atoms with Crippen LogP contribution in [0, 0.1) is 17.2 Å². The third kappa shape index (κ3) is 4.32. The van der Waals surface area contributed by atoms with Crippen LogP contribution in [0.2, 0.25) is 0 Å². The first-order valence-electron chi connectivity index (χ1n) is 11.0. The molecule has 0 amide bonds. The van der Waals surface area contributed by atoms with Gasteiger partial charge in [0.15, 0.2) is 0 Å². The number of nitrogens with zero attached hydrogens (tertiary/aromatic N) is 3. The fraction of sp³-hybridized carbons (Fsp3) is 0.500. The summed E-state index contributed by atoms with van der Waals surface area (Å²) in [6, 6.07) is 13.3. The molecule has 0 bridgehead atoms. The number of hydrogen-bond donors (Lipinski definition) is 0. The summed E-state index contributed by atoms with van der Waals surface area (Å²) in [5.74, 6) is 1.13. The predicted octanol–water partition coefficient (Wildman–Crippen LogP) is 3.80. The number of methoxy groups -OCH3 is 1. The number of rotatable bonds is 7. The van der Waals surface area contributed by atoms with Crippen LogP contribution >= 0.6 is 0 Å². The highest BCUT2D eigenvalue weighted by molar-refractivity contribution is 7.93. The molecule has 1 aliphatic heterocycles. The lowest BCUT2D eigenvalue weighted by atomic mass is 9.78. The lowest BCUT2D eigenvalue weighted by molar-refractivity contribution is 0.0664. The van der Waals surface area contributed by atoms with Gasteiger partial charge in [0.05, 0.1) is 36.4 Å². The molecule has 1 aliphatic carbocycles. The summed E-state index contributed by atoms with van der Waals surface area (Å²) in [4.78, 5) is 4.48. The van der Waals surface area contributed by atoms with Gasteiger partial charge in [0.25, 0.3) is 0 Å². The Balaban J connectivity index is 1.72. The second-order valence-electron chi connectivity index (χ2n) is 8.80. The van der Waals surface area contributed by atoms with Gasteiger partial charge in [0.1, 0.15) is 11.2 Å². The van der Waals surface area contributed by atoms with Gasteiger partial charge in [0.2, 0.25) is 10.0 Å². The quantitative estimate of drug-likeness (QED) is 0.631. The zero-order chi connectivity index (χ0) is 22.8. The number of nitriles is 1. The van der Waals surface area contributed by atoms with E-state index in [1.165, 1.54) is 4.31 Å². The van der Waals surface area contributed by atoms with E-state index in [2.05, 4.69) is 18.0 Å². The van der Waals surface area contributed by atoms with Crippen molar-refractivity contribution < 1.29 is 17.9 Å². The third-order valence-corrected chi connectivity index (χ3v) is 8.81. The SMILES string of the molecule is COc1ccc(CN(c2ccnc(C3(C#N)CCOCC3)c2)S(=O)(=O)C2CC(C)C2)cc1. The van der Waals surface area contributed by atoms with Crippen molar-refractivity contribution in [3.63, 3.8) is 0 Å². The predicted molar refractivity (Wildman–Crippen MR) is 122 cm³/mol. The Morgan fingerprint density at radius 2 is 1.91 bits per heavy atom. The minimum Gasteiger partial charge on any atom is -0.497 e. The van der Waals surface area contributed by atoms with Crippen LogP contribution < -0.4 is 9.04 Å². The van der Waals surface area contributed by atoms with Crippen LogP contribution in [-0.4, -0.2) is 39.0 Å². The molecular formula is C24H29N3O4S. The molecule has 2 heterocycles. The van der Waals surface area contributed by atoms with Crippen LogP contribution in [0.1, 0.15) is 43.9 Å². The second kappa shape index (κ2) is 9.08. The number of aromatic nitrogens is 1.